The first-order chi connectivity index (χ1) is 14.3. The Balaban J connectivity index is 1.70. The third kappa shape index (κ3) is 6.04. The minimum atomic E-state index is -0.452. The van der Waals surface area contributed by atoms with Crippen LogP contribution in [-0.4, -0.2) is 29.5 Å². The SMILES string of the molecule is CC(=O)NC1=NC(=O)/C(=C/c2cc(Br)ccc2OCC(=O)Nc2cccc(C)c2)S1. The molecule has 2 N–H and O–H groups in total. The van der Waals surface area contributed by atoms with Crippen LogP contribution in [0.15, 0.2) is 56.8 Å². The van der Waals surface area contributed by atoms with Gasteiger partial charge in [0.15, 0.2) is 11.8 Å². The molecule has 3 amide bonds. The van der Waals surface area contributed by atoms with E-state index >= 15 is 0 Å². The molecule has 0 aromatic heterocycles. The predicted molar refractivity (Wildman–Crippen MR) is 121 cm³/mol. The third-order valence-electron chi connectivity index (χ3n) is 3.82. The molecule has 1 aliphatic heterocycles. The second kappa shape index (κ2) is 9.73. The zero-order valence-corrected chi connectivity index (χ0v) is 18.6. The van der Waals surface area contributed by atoms with Gasteiger partial charge in [0, 0.05) is 22.6 Å². The topological polar surface area (TPSA) is 96.9 Å². The molecule has 0 saturated carbocycles. The summed E-state index contributed by atoms with van der Waals surface area (Å²) >= 11 is 4.46. The standard InChI is InChI=1S/C21H18BrN3O4S/c1-12-4-3-5-16(8-12)24-19(27)11-29-17-7-6-15(22)9-14(17)10-18-20(28)25-21(30-18)23-13(2)26/h3-10H,11H2,1-2H3,(H,24,27)(H,23,25,26,28)/b18-10-. The highest BCUT2D eigenvalue weighted by Gasteiger charge is 2.23. The molecular formula is C21H18BrN3O4S. The molecule has 9 heteroatoms. The number of hydrogen-bond acceptors (Lipinski definition) is 5. The van der Waals surface area contributed by atoms with Gasteiger partial charge >= 0.3 is 0 Å². The molecule has 0 atom stereocenters. The Morgan fingerprint density at radius 1 is 1.20 bits per heavy atom. The maximum atomic E-state index is 12.2. The van der Waals surface area contributed by atoms with Crippen molar-refractivity contribution in [3.05, 3.63) is 63.0 Å². The smallest absolute Gasteiger partial charge is 0.286 e. The average Bonchev–Trinajstić information content (AvgIpc) is 2.99. The fraction of sp³-hybridized carbons (Fsp3) is 0.143. The van der Waals surface area contributed by atoms with Gasteiger partial charge in [0.25, 0.3) is 11.8 Å². The number of nitrogens with zero attached hydrogens (tertiary/aromatic N) is 1. The maximum absolute atomic E-state index is 12.2. The number of halogens is 1. The van der Waals surface area contributed by atoms with Gasteiger partial charge in [0.1, 0.15) is 5.75 Å². The fourth-order valence-electron chi connectivity index (χ4n) is 2.58. The van der Waals surface area contributed by atoms with E-state index in [0.29, 0.717) is 21.9 Å². The van der Waals surface area contributed by atoms with Crippen LogP contribution in [0, 0.1) is 6.92 Å². The highest BCUT2D eigenvalue weighted by molar-refractivity contribution is 9.10. The zero-order chi connectivity index (χ0) is 21.7. The molecule has 2 aromatic rings. The molecular weight excluding hydrogens is 470 g/mol. The van der Waals surface area contributed by atoms with Crippen molar-refractivity contribution in [1.29, 1.82) is 0 Å². The van der Waals surface area contributed by atoms with E-state index in [9.17, 15) is 14.4 Å². The maximum Gasteiger partial charge on any atom is 0.286 e. The van der Waals surface area contributed by atoms with Crippen LogP contribution in [0.25, 0.3) is 6.08 Å². The molecule has 30 heavy (non-hydrogen) atoms. The summed E-state index contributed by atoms with van der Waals surface area (Å²) in [4.78, 5) is 39.7. The van der Waals surface area contributed by atoms with Gasteiger partial charge in [-0.2, -0.15) is 4.99 Å². The van der Waals surface area contributed by atoms with Gasteiger partial charge in [0.05, 0.1) is 4.91 Å². The van der Waals surface area contributed by atoms with E-state index < -0.39 is 5.91 Å². The van der Waals surface area contributed by atoms with Crippen LogP contribution in [0.5, 0.6) is 5.75 Å². The van der Waals surface area contributed by atoms with E-state index in [1.807, 2.05) is 25.1 Å². The minimum absolute atomic E-state index is 0.194. The Hall–Kier alpha value is -2.91. The van der Waals surface area contributed by atoms with E-state index in [-0.39, 0.29) is 23.6 Å². The number of thioether (sulfide) groups is 1. The number of aliphatic imine (C=N–C) groups is 1. The number of rotatable bonds is 5. The first-order valence-corrected chi connectivity index (χ1v) is 10.5. The summed E-state index contributed by atoms with van der Waals surface area (Å²) in [5.41, 5.74) is 2.33. The highest BCUT2D eigenvalue weighted by Crippen LogP contribution is 2.32. The minimum Gasteiger partial charge on any atom is -0.483 e. The summed E-state index contributed by atoms with van der Waals surface area (Å²) in [6.45, 7) is 3.09. The lowest BCUT2D eigenvalue weighted by molar-refractivity contribution is -0.118. The molecule has 0 unspecified atom stereocenters. The Kier molecular flexibility index (Phi) is 7.07. The van der Waals surface area contributed by atoms with Gasteiger partial charge in [-0.1, -0.05) is 28.1 Å². The number of aryl methyl sites for hydroxylation is 1. The van der Waals surface area contributed by atoms with Gasteiger partial charge in [-0.15, -0.1) is 0 Å². The van der Waals surface area contributed by atoms with Gasteiger partial charge < -0.3 is 15.4 Å². The molecule has 0 radical (unpaired) electrons. The molecule has 154 valence electrons. The normalized spacial score (nSPS) is 14.4. The van der Waals surface area contributed by atoms with Crippen molar-refractivity contribution in [2.75, 3.05) is 11.9 Å². The summed E-state index contributed by atoms with van der Waals surface area (Å²) < 4.78 is 6.47. The second-order valence-corrected chi connectivity index (χ2v) is 8.35. The van der Waals surface area contributed by atoms with Gasteiger partial charge in [0.2, 0.25) is 5.91 Å². The Bertz CT molecular complexity index is 1080. The number of carbonyl (C=O) groups is 3. The fourth-order valence-corrected chi connectivity index (χ4v) is 3.81. The largest absolute Gasteiger partial charge is 0.483 e. The average molecular weight is 488 g/mol. The van der Waals surface area contributed by atoms with Crippen molar-refractivity contribution in [3.63, 3.8) is 0 Å². The summed E-state index contributed by atoms with van der Waals surface area (Å²) in [7, 11) is 0. The molecule has 0 bridgehead atoms. The molecule has 3 rings (SSSR count). The number of amidine groups is 1. The number of amides is 3. The van der Waals surface area contributed by atoms with Crippen molar-refractivity contribution in [2.24, 2.45) is 4.99 Å². The number of nitrogens with one attached hydrogen (secondary N) is 2. The first-order valence-electron chi connectivity index (χ1n) is 8.89. The van der Waals surface area contributed by atoms with Crippen LogP contribution in [0.1, 0.15) is 18.1 Å². The third-order valence-corrected chi connectivity index (χ3v) is 5.21. The van der Waals surface area contributed by atoms with Crippen LogP contribution in [-0.2, 0) is 14.4 Å². The van der Waals surface area contributed by atoms with Crippen LogP contribution in [0.3, 0.4) is 0 Å². The van der Waals surface area contributed by atoms with E-state index in [1.54, 1.807) is 30.3 Å². The monoisotopic (exact) mass is 487 g/mol. The highest BCUT2D eigenvalue weighted by atomic mass is 79.9. The Morgan fingerprint density at radius 3 is 2.73 bits per heavy atom. The quantitative estimate of drug-likeness (QED) is 0.623. The molecule has 7 nitrogen and oxygen atoms in total. The molecule has 0 aliphatic carbocycles. The number of hydrogen-bond donors (Lipinski definition) is 2. The van der Waals surface area contributed by atoms with E-state index in [1.165, 1.54) is 6.92 Å². The number of benzene rings is 2. The van der Waals surface area contributed by atoms with E-state index in [2.05, 4.69) is 31.6 Å². The lowest BCUT2D eigenvalue weighted by Gasteiger charge is -2.11. The first kappa shape index (κ1) is 21.8. The molecule has 0 spiro atoms. The molecule has 0 saturated heterocycles. The van der Waals surface area contributed by atoms with Gasteiger partial charge in [-0.25, -0.2) is 0 Å². The number of anilines is 1. The summed E-state index contributed by atoms with van der Waals surface area (Å²) in [5.74, 6) is -0.621. The van der Waals surface area contributed by atoms with Crippen molar-refractivity contribution in [1.82, 2.24) is 5.32 Å². The van der Waals surface area contributed by atoms with Gasteiger partial charge in [-0.05, 0) is 60.7 Å². The van der Waals surface area contributed by atoms with Crippen molar-refractivity contribution in [3.8, 4) is 5.75 Å². The van der Waals surface area contributed by atoms with Crippen LogP contribution in [0.2, 0.25) is 0 Å². The van der Waals surface area contributed by atoms with Crippen LogP contribution >= 0.6 is 27.7 Å². The summed E-state index contributed by atoms with van der Waals surface area (Å²) in [6.07, 6.45) is 1.61. The zero-order valence-electron chi connectivity index (χ0n) is 16.2. The summed E-state index contributed by atoms with van der Waals surface area (Å²) in [6, 6.07) is 12.7. The number of ether oxygens (including phenoxy) is 1. The molecule has 0 fully saturated rings. The van der Waals surface area contributed by atoms with Crippen molar-refractivity contribution in [2.45, 2.75) is 13.8 Å². The van der Waals surface area contributed by atoms with E-state index in [4.69, 9.17) is 4.74 Å². The lowest BCUT2D eigenvalue weighted by Crippen LogP contribution is -2.23. The molecule has 2 aromatic carbocycles. The van der Waals surface area contributed by atoms with Crippen LogP contribution < -0.4 is 15.4 Å². The van der Waals surface area contributed by atoms with Crippen LogP contribution in [0.4, 0.5) is 5.69 Å². The van der Waals surface area contributed by atoms with E-state index in [0.717, 1.165) is 21.8 Å². The number of carbonyl (C=O) groups excluding carboxylic acids is 3. The Morgan fingerprint density at radius 2 is 2.00 bits per heavy atom. The summed E-state index contributed by atoms with van der Waals surface area (Å²) in [5, 5.41) is 5.51. The molecule has 1 heterocycles. The van der Waals surface area contributed by atoms with Crippen molar-refractivity contribution < 1.29 is 19.1 Å². The second-order valence-electron chi connectivity index (χ2n) is 6.40. The van der Waals surface area contributed by atoms with Gasteiger partial charge in [-0.3, -0.25) is 14.4 Å². The Labute approximate surface area is 186 Å². The van der Waals surface area contributed by atoms with Crippen molar-refractivity contribution >= 4 is 62.3 Å². The predicted octanol–water partition coefficient (Wildman–Crippen LogP) is 3.88. The molecule has 1 aliphatic rings. The lowest BCUT2D eigenvalue weighted by atomic mass is 10.2.